The Hall–Kier alpha value is -1.47. The lowest BCUT2D eigenvalue weighted by atomic mass is 9.92. The molecule has 2 fully saturated rings. The summed E-state index contributed by atoms with van der Waals surface area (Å²) in [6.45, 7) is 0.758. The van der Waals surface area contributed by atoms with Crippen LogP contribution >= 0.6 is 0 Å². The number of rotatable bonds is 4. The monoisotopic (exact) mass is 308 g/mol. The lowest BCUT2D eigenvalue weighted by molar-refractivity contribution is -0.163. The summed E-state index contributed by atoms with van der Waals surface area (Å²) in [5, 5.41) is 10.7. The molecule has 0 aromatic heterocycles. The summed E-state index contributed by atoms with van der Waals surface area (Å²) in [6, 6.07) is -0.665. The topological polar surface area (TPSA) is 69.6 Å². The van der Waals surface area contributed by atoms with Gasteiger partial charge in [0, 0.05) is 19.5 Å². The molecule has 0 bridgehead atoms. The lowest BCUT2D eigenvalue weighted by Crippen LogP contribution is -2.54. The molecule has 1 aliphatic carbocycles. The molecule has 0 radical (unpaired) electrons. The smallest absolute Gasteiger partial charge is 0.411 e. The molecule has 0 aromatic rings. The van der Waals surface area contributed by atoms with Gasteiger partial charge in [0.1, 0.15) is 5.54 Å². The van der Waals surface area contributed by atoms with E-state index in [0.717, 1.165) is 0 Å². The Morgan fingerprint density at radius 1 is 1.24 bits per heavy atom. The van der Waals surface area contributed by atoms with Crippen LogP contribution in [0.4, 0.5) is 18.0 Å². The number of carboxylic acid groups (broad SMARTS) is 1. The number of piperidine rings is 1. The highest BCUT2D eigenvalue weighted by Crippen LogP contribution is 2.49. The molecule has 0 spiro atoms. The maximum atomic E-state index is 12.8. The van der Waals surface area contributed by atoms with E-state index in [4.69, 9.17) is 5.11 Å². The Labute approximate surface area is 120 Å². The van der Waals surface area contributed by atoms with Crippen LogP contribution in [0.1, 0.15) is 38.5 Å². The average molecular weight is 308 g/mol. The van der Waals surface area contributed by atoms with Gasteiger partial charge in [-0.25, -0.2) is 4.79 Å². The quantitative estimate of drug-likeness (QED) is 0.837. The Balaban J connectivity index is 1.77. The van der Waals surface area contributed by atoms with Gasteiger partial charge in [-0.3, -0.25) is 4.79 Å². The highest BCUT2D eigenvalue weighted by atomic mass is 19.4. The average Bonchev–Trinajstić information content (AvgIpc) is 3.17. The van der Waals surface area contributed by atoms with E-state index >= 15 is 0 Å². The Morgan fingerprint density at radius 2 is 1.81 bits per heavy atom. The Morgan fingerprint density at radius 3 is 2.24 bits per heavy atom. The number of urea groups is 1. The molecule has 120 valence electrons. The lowest BCUT2D eigenvalue weighted by Gasteiger charge is -2.33. The molecule has 2 aliphatic rings. The Kier molecular flexibility index (Phi) is 4.34. The maximum Gasteiger partial charge on any atom is 0.411 e. The van der Waals surface area contributed by atoms with Crippen molar-refractivity contribution in [2.45, 2.75) is 50.2 Å². The zero-order chi connectivity index (χ0) is 15.7. The molecule has 1 heterocycles. The summed E-state index contributed by atoms with van der Waals surface area (Å²) < 4.78 is 38.3. The standard InChI is InChI=1S/C13H19F3N2O3/c14-13(15,16)12(5-6-12)17-11(21)18-7-3-9(4-8-18)1-2-10(19)20/h9H,1-8H2,(H,17,21)(H,19,20). The van der Waals surface area contributed by atoms with Crippen molar-refractivity contribution in [3.05, 3.63) is 0 Å². The minimum Gasteiger partial charge on any atom is -0.481 e. The summed E-state index contributed by atoms with van der Waals surface area (Å²) in [4.78, 5) is 23.8. The number of likely N-dealkylation sites (tertiary alicyclic amines) is 1. The first kappa shape index (κ1) is 15.9. The number of carbonyl (C=O) groups excluding carboxylic acids is 1. The molecule has 21 heavy (non-hydrogen) atoms. The number of hydrogen-bond donors (Lipinski definition) is 2. The summed E-state index contributed by atoms with van der Waals surface area (Å²) in [7, 11) is 0. The minimum absolute atomic E-state index is 0.0582. The number of aliphatic carboxylic acids is 1. The number of halogens is 3. The number of carboxylic acids is 1. The predicted molar refractivity (Wildman–Crippen MR) is 67.7 cm³/mol. The second-order valence-corrected chi connectivity index (χ2v) is 5.87. The number of nitrogens with zero attached hydrogens (tertiary/aromatic N) is 1. The van der Waals surface area contributed by atoms with Gasteiger partial charge in [-0.15, -0.1) is 0 Å². The van der Waals surface area contributed by atoms with E-state index in [1.165, 1.54) is 4.90 Å². The number of hydrogen-bond acceptors (Lipinski definition) is 2. The van der Waals surface area contributed by atoms with Crippen LogP contribution < -0.4 is 5.32 Å². The van der Waals surface area contributed by atoms with Gasteiger partial charge in [-0.1, -0.05) is 0 Å². The SMILES string of the molecule is O=C(O)CCC1CCN(C(=O)NC2(C(F)(F)F)CC2)CC1. The third-order valence-electron chi connectivity index (χ3n) is 4.31. The van der Waals surface area contributed by atoms with Gasteiger partial charge in [-0.05, 0) is 38.0 Å². The molecule has 8 heteroatoms. The van der Waals surface area contributed by atoms with E-state index in [-0.39, 0.29) is 25.2 Å². The molecular formula is C13H19F3N2O3. The van der Waals surface area contributed by atoms with Crippen LogP contribution in [-0.4, -0.2) is 46.8 Å². The predicted octanol–water partition coefficient (Wildman–Crippen LogP) is 2.37. The molecule has 0 atom stereocenters. The van der Waals surface area contributed by atoms with E-state index in [1.807, 2.05) is 0 Å². The van der Waals surface area contributed by atoms with Gasteiger partial charge >= 0.3 is 18.2 Å². The van der Waals surface area contributed by atoms with Gasteiger partial charge in [0.2, 0.25) is 0 Å². The number of nitrogens with one attached hydrogen (secondary N) is 1. The highest BCUT2D eigenvalue weighted by Gasteiger charge is 2.64. The van der Waals surface area contributed by atoms with E-state index < -0.39 is 23.7 Å². The summed E-state index contributed by atoms with van der Waals surface area (Å²) >= 11 is 0. The van der Waals surface area contributed by atoms with Crippen molar-refractivity contribution < 1.29 is 27.9 Å². The molecule has 5 nitrogen and oxygen atoms in total. The summed E-state index contributed by atoms with van der Waals surface area (Å²) in [6.07, 6.45) is -2.60. The van der Waals surface area contributed by atoms with Gasteiger partial charge in [0.05, 0.1) is 0 Å². The molecule has 0 unspecified atom stereocenters. The molecule has 1 saturated carbocycles. The fourth-order valence-corrected chi connectivity index (χ4v) is 2.64. The van der Waals surface area contributed by atoms with Crippen molar-refractivity contribution in [2.75, 3.05) is 13.1 Å². The molecule has 2 amide bonds. The molecule has 2 rings (SSSR count). The maximum absolute atomic E-state index is 12.8. The van der Waals surface area contributed by atoms with Crippen LogP contribution in [0, 0.1) is 5.92 Å². The largest absolute Gasteiger partial charge is 0.481 e. The van der Waals surface area contributed by atoms with Crippen LogP contribution in [0.2, 0.25) is 0 Å². The van der Waals surface area contributed by atoms with Gasteiger partial charge in [0.25, 0.3) is 0 Å². The van der Waals surface area contributed by atoms with Gasteiger partial charge in [0.15, 0.2) is 0 Å². The first-order valence-electron chi connectivity index (χ1n) is 7.09. The number of alkyl halides is 3. The third kappa shape index (κ3) is 3.79. The van der Waals surface area contributed by atoms with Crippen LogP contribution in [0.15, 0.2) is 0 Å². The van der Waals surface area contributed by atoms with Gasteiger partial charge < -0.3 is 15.3 Å². The minimum atomic E-state index is -4.40. The Bertz CT molecular complexity index is 413. The third-order valence-corrected chi connectivity index (χ3v) is 4.31. The molecule has 1 saturated heterocycles. The second kappa shape index (κ2) is 5.73. The van der Waals surface area contributed by atoms with Gasteiger partial charge in [-0.2, -0.15) is 13.2 Å². The van der Waals surface area contributed by atoms with E-state index in [1.54, 1.807) is 0 Å². The number of amides is 2. The molecular weight excluding hydrogens is 289 g/mol. The van der Waals surface area contributed by atoms with Crippen LogP contribution in [0.5, 0.6) is 0 Å². The normalized spacial score (nSPS) is 22.0. The zero-order valence-corrected chi connectivity index (χ0v) is 11.6. The fourth-order valence-electron chi connectivity index (χ4n) is 2.64. The number of carbonyl (C=O) groups is 2. The van der Waals surface area contributed by atoms with Crippen molar-refractivity contribution in [3.8, 4) is 0 Å². The second-order valence-electron chi connectivity index (χ2n) is 5.87. The van der Waals surface area contributed by atoms with Crippen LogP contribution in [0.25, 0.3) is 0 Å². The van der Waals surface area contributed by atoms with E-state index in [2.05, 4.69) is 5.32 Å². The van der Waals surface area contributed by atoms with Crippen molar-refractivity contribution in [3.63, 3.8) is 0 Å². The summed E-state index contributed by atoms with van der Waals surface area (Å²) in [5.74, 6) is -0.626. The first-order valence-corrected chi connectivity index (χ1v) is 7.09. The van der Waals surface area contributed by atoms with E-state index in [0.29, 0.717) is 32.4 Å². The molecule has 0 aromatic carbocycles. The van der Waals surface area contributed by atoms with Crippen molar-refractivity contribution in [1.82, 2.24) is 10.2 Å². The highest BCUT2D eigenvalue weighted by molar-refractivity contribution is 5.76. The van der Waals surface area contributed by atoms with Crippen LogP contribution in [0.3, 0.4) is 0 Å². The first-order chi connectivity index (χ1) is 9.73. The zero-order valence-electron chi connectivity index (χ0n) is 11.6. The van der Waals surface area contributed by atoms with Crippen molar-refractivity contribution >= 4 is 12.0 Å². The van der Waals surface area contributed by atoms with E-state index in [9.17, 15) is 22.8 Å². The molecule has 1 aliphatic heterocycles. The van der Waals surface area contributed by atoms with Crippen molar-refractivity contribution in [1.29, 1.82) is 0 Å². The van der Waals surface area contributed by atoms with Crippen LogP contribution in [-0.2, 0) is 4.79 Å². The van der Waals surface area contributed by atoms with Crippen molar-refractivity contribution in [2.24, 2.45) is 5.92 Å². The fraction of sp³-hybridized carbons (Fsp3) is 0.846. The molecule has 2 N–H and O–H groups in total. The summed E-state index contributed by atoms with van der Waals surface area (Å²) in [5.41, 5.74) is -2.02.